The maximum Gasteiger partial charge on any atom is 0.214 e. The third-order valence-electron chi connectivity index (χ3n) is 2.35. The van der Waals surface area contributed by atoms with Crippen molar-refractivity contribution in [3.63, 3.8) is 0 Å². The van der Waals surface area contributed by atoms with E-state index in [1.807, 2.05) is 0 Å². The van der Waals surface area contributed by atoms with Crippen LogP contribution >= 0.6 is 0 Å². The van der Waals surface area contributed by atoms with Crippen LogP contribution in [0.3, 0.4) is 0 Å². The SMILES string of the molecule is CC1(C)O[C@@H]2C=[N+]([O-])C(CO)[C@@H]2O1. The lowest BCUT2D eigenvalue weighted by atomic mass is 10.1. The van der Waals surface area contributed by atoms with E-state index >= 15 is 0 Å². The molecule has 0 saturated carbocycles. The zero-order valence-electron chi connectivity index (χ0n) is 7.64. The molecule has 0 aromatic carbocycles. The van der Waals surface area contributed by atoms with Gasteiger partial charge in [-0.25, -0.2) is 4.74 Å². The minimum absolute atomic E-state index is 0.208. The van der Waals surface area contributed by atoms with Crippen LogP contribution in [0.15, 0.2) is 0 Å². The van der Waals surface area contributed by atoms with Crippen molar-refractivity contribution in [1.82, 2.24) is 0 Å². The van der Waals surface area contributed by atoms with Gasteiger partial charge in [-0.2, -0.15) is 0 Å². The van der Waals surface area contributed by atoms with Crippen LogP contribution in [0, 0.1) is 5.21 Å². The highest BCUT2D eigenvalue weighted by Gasteiger charge is 2.52. The average Bonchev–Trinajstić information content (AvgIpc) is 2.39. The molecule has 74 valence electrons. The number of hydrogen-bond acceptors (Lipinski definition) is 4. The summed E-state index contributed by atoms with van der Waals surface area (Å²) < 4.78 is 11.6. The molecule has 2 rings (SSSR count). The molecule has 0 bridgehead atoms. The minimum Gasteiger partial charge on any atom is -0.624 e. The molecule has 0 radical (unpaired) electrons. The third kappa shape index (κ3) is 1.33. The van der Waals surface area contributed by atoms with Crippen molar-refractivity contribution in [2.24, 2.45) is 0 Å². The summed E-state index contributed by atoms with van der Waals surface area (Å²) in [5.41, 5.74) is 0. The Morgan fingerprint density at radius 1 is 1.54 bits per heavy atom. The van der Waals surface area contributed by atoms with Crippen molar-refractivity contribution in [3.8, 4) is 0 Å². The van der Waals surface area contributed by atoms with E-state index in [0.717, 1.165) is 0 Å². The second kappa shape index (κ2) is 2.67. The Bertz CT molecular complexity index is 251. The Hall–Kier alpha value is -0.650. The molecule has 5 nitrogen and oxygen atoms in total. The first-order valence-electron chi connectivity index (χ1n) is 4.30. The van der Waals surface area contributed by atoms with Gasteiger partial charge in [0.25, 0.3) is 0 Å². The Morgan fingerprint density at radius 2 is 2.23 bits per heavy atom. The molecule has 1 unspecified atom stereocenters. The Labute approximate surface area is 76.2 Å². The lowest BCUT2D eigenvalue weighted by Gasteiger charge is -2.19. The van der Waals surface area contributed by atoms with E-state index in [1.165, 1.54) is 6.21 Å². The lowest BCUT2D eigenvalue weighted by Crippen LogP contribution is -2.36. The highest BCUT2D eigenvalue weighted by atomic mass is 16.8. The molecule has 13 heavy (non-hydrogen) atoms. The molecule has 0 amide bonds. The molecule has 5 heteroatoms. The molecule has 0 aromatic heterocycles. The first kappa shape index (κ1) is 8.93. The fourth-order valence-electron chi connectivity index (χ4n) is 1.81. The summed E-state index contributed by atoms with van der Waals surface area (Å²) in [7, 11) is 0. The molecule has 0 spiro atoms. The number of nitrogens with zero attached hydrogens (tertiary/aromatic N) is 1. The lowest BCUT2D eigenvalue weighted by molar-refractivity contribution is -0.504. The predicted molar refractivity (Wildman–Crippen MR) is 44.4 cm³/mol. The van der Waals surface area contributed by atoms with Gasteiger partial charge >= 0.3 is 0 Å². The standard InChI is InChI=1S/C8H13NO4/c1-8(2)12-6-3-9(11)5(4-10)7(6)13-8/h3,5-7,10H,4H2,1-2H3/t5?,6-,7+/m1/s1. The van der Waals surface area contributed by atoms with Crippen molar-refractivity contribution in [2.75, 3.05) is 6.61 Å². The van der Waals surface area contributed by atoms with E-state index in [2.05, 4.69) is 0 Å². The van der Waals surface area contributed by atoms with Gasteiger partial charge in [0.2, 0.25) is 6.04 Å². The van der Waals surface area contributed by atoms with Crippen LogP contribution < -0.4 is 0 Å². The van der Waals surface area contributed by atoms with E-state index in [4.69, 9.17) is 14.6 Å². The van der Waals surface area contributed by atoms with Crippen LogP contribution in [0.5, 0.6) is 0 Å². The van der Waals surface area contributed by atoms with Crippen molar-refractivity contribution >= 4 is 6.21 Å². The van der Waals surface area contributed by atoms with Gasteiger partial charge in [-0.05, 0) is 13.8 Å². The van der Waals surface area contributed by atoms with Gasteiger partial charge in [-0.1, -0.05) is 0 Å². The van der Waals surface area contributed by atoms with Gasteiger partial charge in [0, 0.05) is 0 Å². The van der Waals surface area contributed by atoms with Crippen LogP contribution in [0.2, 0.25) is 0 Å². The first-order valence-corrected chi connectivity index (χ1v) is 4.30. The molecule has 2 aliphatic rings. The zero-order chi connectivity index (χ0) is 9.64. The Balaban J connectivity index is 2.18. The monoisotopic (exact) mass is 187 g/mol. The van der Waals surface area contributed by atoms with E-state index in [1.54, 1.807) is 13.8 Å². The number of aliphatic hydroxyl groups is 1. The molecule has 0 aliphatic carbocycles. The highest BCUT2D eigenvalue weighted by molar-refractivity contribution is 5.61. The minimum atomic E-state index is -0.652. The topological polar surface area (TPSA) is 64.8 Å². The molecular formula is C8H13NO4. The fraction of sp³-hybridized carbons (Fsp3) is 0.875. The predicted octanol–water partition coefficient (Wildman–Crippen LogP) is -0.538. The summed E-state index contributed by atoms with van der Waals surface area (Å²) >= 11 is 0. The molecule has 1 N–H and O–H groups in total. The largest absolute Gasteiger partial charge is 0.624 e. The maximum atomic E-state index is 11.2. The van der Waals surface area contributed by atoms with Crippen molar-refractivity contribution in [3.05, 3.63) is 5.21 Å². The summed E-state index contributed by atoms with van der Waals surface area (Å²) in [6.07, 6.45) is 0.766. The van der Waals surface area contributed by atoms with Gasteiger partial charge in [0.1, 0.15) is 6.61 Å². The van der Waals surface area contributed by atoms with Crippen LogP contribution in [0.4, 0.5) is 0 Å². The van der Waals surface area contributed by atoms with E-state index in [-0.39, 0.29) is 18.8 Å². The summed E-state index contributed by atoms with van der Waals surface area (Å²) in [5.74, 6) is -0.652. The summed E-state index contributed by atoms with van der Waals surface area (Å²) in [6.45, 7) is 3.38. The summed E-state index contributed by atoms with van der Waals surface area (Å²) in [4.78, 5) is 0. The number of rotatable bonds is 1. The molecule has 1 fully saturated rings. The average molecular weight is 187 g/mol. The molecule has 3 atom stereocenters. The molecule has 1 saturated heterocycles. The van der Waals surface area contributed by atoms with Gasteiger partial charge in [0.05, 0.1) is 0 Å². The van der Waals surface area contributed by atoms with Gasteiger partial charge < -0.3 is 19.8 Å². The van der Waals surface area contributed by atoms with E-state index in [9.17, 15) is 5.21 Å². The number of hydrogen-bond donors (Lipinski definition) is 1. The molecule has 2 aliphatic heterocycles. The molecule has 0 aromatic rings. The summed E-state index contributed by atoms with van der Waals surface area (Å²) in [5, 5.41) is 20.1. The molecular weight excluding hydrogens is 174 g/mol. The van der Waals surface area contributed by atoms with E-state index in [0.29, 0.717) is 4.74 Å². The van der Waals surface area contributed by atoms with Crippen molar-refractivity contribution in [2.45, 2.75) is 37.9 Å². The third-order valence-corrected chi connectivity index (χ3v) is 2.35. The Morgan fingerprint density at radius 3 is 2.85 bits per heavy atom. The number of aliphatic hydroxyl groups excluding tert-OH is 1. The van der Waals surface area contributed by atoms with Crippen LogP contribution in [0.1, 0.15) is 13.8 Å². The normalized spacial score (nSPS) is 41.8. The second-order valence-electron chi connectivity index (χ2n) is 3.82. The molecule has 2 heterocycles. The van der Waals surface area contributed by atoms with Gasteiger partial charge in [-0.3, -0.25) is 0 Å². The number of ether oxygens (including phenoxy) is 2. The second-order valence-corrected chi connectivity index (χ2v) is 3.82. The van der Waals surface area contributed by atoms with Gasteiger partial charge in [-0.15, -0.1) is 0 Å². The van der Waals surface area contributed by atoms with E-state index < -0.39 is 11.8 Å². The smallest absolute Gasteiger partial charge is 0.214 e. The highest BCUT2D eigenvalue weighted by Crippen LogP contribution is 2.32. The van der Waals surface area contributed by atoms with Crippen molar-refractivity contribution < 1.29 is 19.3 Å². The van der Waals surface area contributed by atoms with Gasteiger partial charge in [0.15, 0.2) is 24.2 Å². The van der Waals surface area contributed by atoms with Crippen LogP contribution in [-0.2, 0) is 9.47 Å². The zero-order valence-corrected chi connectivity index (χ0v) is 7.64. The number of hydroxylamine groups is 1. The Kier molecular flexibility index (Phi) is 1.83. The quantitative estimate of drug-likeness (QED) is 0.442. The summed E-state index contributed by atoms with van der Waals surface area (Å²) in [6, 6.07) is -0.522. The van der Waals surface area contributed by atoms with Crippen LogP contribution in [0.25, 0.3) is 0 Å². The number of fused-ring (bicyclic) bond motifs is 1. The maximum absolute atomic E-state index is 11.2. The van der Waals surface area contributed by atoms with Crippen LogP contribution in [-0.4, -0.2) is 46.7 Å². The fourth-order valence-corrected chi connectivity index (χ4v) is 1.81. The van der Waals surface area contributed by atoms with Crippen molar-refractivity contribution in [1.29, 1.82) is 0 Å². The first-order chi connectivity index (χ1) is 6.03.